The van der Waals surface area contributed by atoms with Gasteiger partial charge in [-0.2, -0.15) is 0 Å². The van der Waals surface area contributed by atoms with Crippen LogP contribution in [-0.2, 0) is 48.4 Å². The van der Waals surface area contributed by atoms with Gasteiger partial charge in [0.1, 0.15) is 6.04 Å². The Balaban J connectivity index is 1.23. The maximum Gasteiger partial charge on any atom is 0.407 e. The SMILES string of the molecule is CC(C)[C@H](NC(=O)N(C)Cc1csc(CCc2ccccc2)n1)C(=O)N[C@@H](Cc1ccccc1)C[C@H](O)[C@H](Cc1ccccc1)NC(=O)OCc1cnco1. The van der Waals surface area contributed by atoms with E-state index < -0.39 is 36.4 Å². The maximum absolute atomic E-state index is 14.0. The number of thiazole rings is 1. The van der Waals surface area contributed by atoms with Crippen LogP contribution >= 0.6 is 11.3 Å². The van der Waals surface area contributed by atoms with Gasteiger partial charge in [0, 0.05) is 24.9 Å². The van der Waals surface area contributed by atoms with Crippen LogP contribution in [-0.4, -0.2) is 69.3 Å². The quantitative estimate of drug-likeness (QED) is 0.0786. The van der Waals surface area contributed by atoms with E-state index in [2.05, 4.69) is 33.1 Å². The molecule has 0 aliphatic rings. The molecule has 0 aliphatic carbocycles. The van der Waals surface area contributed by atoms with Crippen molar-refractivity contribution in [2.45, 2.75) is 83.3 Å². The molecule has 0 bridgehead atoms. The lowest BCUT2D eigenvalue weighted by Gasteiger charge is -2.30. The topological polar surface area (TPSA) is 159 Å². The molecule has 55 heavy (non-hydrogen) atoms. The first-order valence-electron chi connectivity index (χ1n) is 18.5. The zero-order chi connectivity index (χ0) is 39.0. The molecule has 0 aliphatic heterocycles. The zero-order valence-corrected chi connectivity index (χ0v) is 32.3. The van der Waals surface area contributed by atoms with Crippen LogP contribution in [0.25, 0.3) is 0 Å². The molecule has 4 atom stereocenters. The summed E-state index contributed by atoms with van der Waals surface area (Å²) in [6.45, 7) is 3.91. The normalized spacial score (nSPS) is 13.3. The summed E-state index contributed by atoms with van der Waals surface area (Å²) in [5.74, 6) is -0.235. The Hall–Kier alpha value is -5.53. The largest absolute Gasteiger partial charge is 0.445 e. The van der Waals surface area contributed by atoms with Crippen molar-refractivity contribution in [3.63, 3.8) is 0 Å². The van der Waals surface area contributed by atoms with Gasteiger partial charge >= 0.3 is 12.1 Å². The summed E-state index contributed by atoms with van der Waals surface area (Å²) in [6, 6.07) is 26.8. The van der Waals surface area contributed by atoms with Crippen molar-refractivity contribution >= 4 is 29.4 Å². The molecular formula is C42H50N6O6S. The standard InChI is InChI=1S/C42H50N6O6S/c1-29(2)39(47-41(51)48(3)25-34-27-55-38(44-34)20-19-30-13-7-4-8-14-30)40(50)45-33(21-31-15-9-5-10-16-31)23-37(49)36(22-32-17-11-6-12-18-32)46-42(52)53-26-35-24-43-28-54-35/h4-18,24,27-29,33,36-37,39,49H,19-23,25-26H2,1-3H3,(H,45,50)(H,46,52)(H,47,51)/t33-,36-,37-,39-/m0/s1. The molecule has 2 heterocycles. The fraction of sp³-hybridized carbons (Fsp3) is 0.357. The van der Waals surface area contributed by atoms with Crippen LogP contribution in [0.15, 0.2) is 113 Å². The highest BCUT2D eigenvalue weighted by Crippen LogP contribution is 2.17. The van der Waals surface area contributed by atoms with E-state index in [0.29, 0.717) is 25.1 Å². The van der Waals surface area contributed by atoms with Crippen molar-refractivity contribution in [3.05, 3.63) is 142 Å². The Morgan fingerprint density at radius 1 is 0.855 bits per heavy atom. The molecule has 5 aromatic rings. The lowest BCUT2D eigenvalue weighted by atomic mass is 9.93. The molecule has 290 valence electrons. The smallest absolute Gasteiger partial charge is 0.407 e. The molecule has 0 saturated heterocycles. The number of oxazole rings is 1. The molecule has 5 rings (SSSR count). The highest BCUT2D eigenvalue weighted by atomic mass is 32.1. The number of hydrogen-bond donors (Lipinski definition) is 4. The van der Waals surface area contributed by atoms with Gasteiger partial charge in [0.15, 0.2) is 18.8 Å². The Morgan fingerprint density at radius 2 is 1.49 bits per heavy atom. The van der Waals surface area contributed by atoms with Gasteiger partial charge in [-0.05, 0) is 48.3 Å². The number of aromatic nitrogens is 2. The number of ether oxygens (including phenoxy) is 1. The van der Waals surface area contributed by atoms with Crippen LogP contribution in [0.5, 0.6) is 0 Å². The number of nitrogens with zero attached hydrogens (tertiary/aromatic N) is 3. The lowest BCUT2D eigenvalue weighted by molar-refractivity contribution is -0.124. The summed E-state index contributed by atoms with van der Waals surface area (Å²) in [7, 11) is 1.68. The minimum atomic E-state index is -1.08. The third kappa shape index (κ3) is 13.4. The number of carbonyl (C=O) groups excluding carboxylic acids is 3. The molecule has 12 nitrogen and oxygen atoms in total. The number of aliphatic hydroxyl groups excluding tert-OH is 1. The van der Waals surface area contributed by atoms with Crippen LogP contribution in [0.4, 0.5) is 9.59 Å². The second-order valence-electron chi connectivity index (χ2n) is 13.9. The number of urea groups is 1. The molecule has 4 N–H and O–H groups in total. The third-order valence-corrected chi connectivity index (χ3v) is 10.1. The molecule has 0 spiro atoms. The fourth-order valence-corrected chi connectivity index (χ4v) is 6.95. The summed E-state index contributed by atoms with van der Waals surface area (Å²) < 4.78 is 10.5. The summed E-state index contributed by atoms with van der Waals surface area (Å²) in [5.41, 5.74) is 3.89. The number of aliphatic hydroxyl groups is 1. The van der Waals surface area contributed by atoms with Crippen LogP contribution in [0.1, 0.15) is 53.4 Å². The molecular weight excluding hydrogens is 717 g/mol. The third-order valence-electron chi connectivity index (χ3n) is 9.14. The minimum absolute atomic E-state index is 0.107. The van der Waals surface area contributed by atoms with E-state index in [1.54, 1.807) is 18.4 Å². The molecule has 4 amide bonds. The molecule has 0 unspecified atom stereocenters. The summed E-state index contributed by atoms with van der Waals surface area (Å²) in [5, 5.41) is 23.5. The van der Waals surface area contributed by atoms with Crippen LogP contribution < -0.4 is 16.0 Å². The Morgan fingerprint density at radius 3 is 2.11 bits per heavy atom. The van der Waals surface area contributed by atoms with Crippen LogP contribution in [0, 0.1) is 5.92 Å². The molecule has 0 saturated carbocycles. The first kappa shape index (κ1) is 40.7. The highest BCUT2D eigenvalue weighted by molar-refractivity contribution is 7.09. The number of aryl methyl sites for hydroxylation is 2. The van der Waals surface area contributed by atoms with Gasteiger partial charge in [-0.1, -0.05) is 105 Å². The van der Waals surface area contributed by atoms with E-state index in [0.717, 1.165) is 34.7 Å². The van der Waals surface area contributed by atoms with E-state index in [-0.39, 0.29) is 24.9 Å². The minimum Gasteiger partial charge on any atom is -0.445 e. The fourth-order valence-electron chi connectivity index (χ4n) is 6.16. The van der Waals surface area contributed by atoms with Crippen molar-refractivity contribution in [2.75, 3.05) is 7.05 Å². The number of carbonyl (C=O) groups is 3. The predicted molar refractivity (Wildman–Crippen MR) is 211 cm³/mol. The average Bonchev–Trinajstić information content (AvgIpc) is 3.88. The van der Waals surface area contributed by atoms with Gasteiger partial charge in [-0.25, -0.2) is 19.6 Å². The number of benzene rings is 3. The summed E-state index contributed by atoms with van der Waals surface area (Å²) >= 11 is 1.58. The van der Waals surface area contributed by atoms with Gasteiger partial charge in [-0.3, -0.25) is 4.79 Å². The summed E-state index contributed by atoms with van der Waals surface area (Å²) in [4.78, 5) is 50.4. The molecule has 0 fully saturated rings. The monoisotopic (exact) mass is 766 g/mol. The second kappa shape index (κ2) is 20.8. The predicted octanol–water partition coefficient (Wildman–Crippen LogP) is 6.10. The average molecular weight is 767 g/mol. The second-order valence-corrected chi connectivity index (χ2v) is 14.9. The number of rotatable bonds is 19. The van der Waals surface area contributed by atoms with Crippen LogP contribution in [0.2, 0.25) is 0 Å². The van der Waals surface area contributed by atoms with Gasteiger partial charge < -0.3 is 35.1 Å². The summed E-state index contributed by atoms with van der Waals surface area (Å²) in [6.07, 6.45) is 3.43. The Bertz CT molecular complexity index is 1890. The molecule has 2 aromatic heterocycles. The van der Waals surface area contributed by atoms with Gasteiger partial charge in [0.25, 0.3) is 0 Å². The highest BCUT2D eigenvalue weighted by Gasteiger charge is 2.31. The van der Waals surface area contributed by atoms with Gasteiger partial charge in [0.05, 0.1) is 35.6 Å². The van der Waals surface area contributed by atoms with Crippen molar-refractivity contribution < 1.29 is 28.6 Å². The number of alkyl carbamates (subject to hydrolysis) is 1. The van der Waals surface area contributed by atoms with E-state index >= 15 is 0 Å². The van der Waals surface area contributed by atoms with Crippen LogP contribution in [0.3, 0.4) is 0 Å². The van der Waals surface area contributed by atoms with Crippen molar-refractivity contribution in [2.24, 2.45) is 5.92 Å². The van der Waals surface area contributed by atoms with E-state index in [9.17, 15) is 19.5 Å². The van der Waals surface area contributed by atoms with Crippen molar-refractivity contribution in [1.29, 1.82) is 0 Å². The lowest BCUT2D eigenvalue weighted by Crippen LogP contribution is -2.55. The number of nitrogens with one attached hydrogen (secondary N) is 3. The molecule has 3 aromatic carbocycles. The van der Waals surface area contributed by atoms with Crippen molar-refractivity contribution in [1.82, 2.24) is 30.8 Å². The number of hydrogen-bond acceptors (Lipinski definition) is 9. The molecule has 13 heteroatoms. The Labute approximate surface area is 326 Å². The van der Waals surface area contributed by atoms with E-state index in [1.165, 1.54) is 23.1 Å². The number of amides is 4. The first-order chi connectivity index (χ1) is 26.6. The first-order valence-corrected chi connectivity index (χ1v) is 19.4. The maximum atomic E-state index is 14.0. The van der Waals surface area contributed by atoms with E-state index in [1.807, 2.05) is 98.1 Å². The van der Waals surface area contributed by atoms with Gasteiger partial charge in [0.2, 0.25) is 5.91 Å². The van der Waals surface area contributed by atoms with Crippen molar-refractivity contribution in [3.8, 4) is 0 Å². The van der Waals surface area contributed by atoms with Gasteiger partial charge in [-0.15, -0.1) is 11.3 Å². The molecule has 0 radical (unpaired) electrons. The van der Waals surface area contributed by atoms with E-state index in [4.69, 9.17) is 14.1 Å². The Kier molecular flexibility index (Phi) is 15.4. The zero-order valence-electron chi connectivity index (χ0n) is 31.5.